The second-order valence-electron chi connectivity index (χ2n) is 8.04. The largest absolute Gasteiger partial charge is 0.354 e. The summed E-state index contributed by atoms with van der Waals surface area (Å²) in [6.45, 7) is 10.8. The molecule has 0 aromatic carbocycles. The van der Waals surface area contributed by atoms with Crippen LogP contribution in [0.4, 0.5) is 10.9 Å². The van der Waals surface area contributed by atoms with Crippen LogP contribution in [0, 0.1) is 0 Å². The Balaban J connectivity index is 0.00000289. The van der Waals surface area contributed by atoms with Crippen LogP contribution in [0.3, 0.4) is 0 Å². The zero-order valence-corrected chi connectivity index (χ0v) is 22.3. The maximum Gasteiger partial charge on any atom is 0.205 e. The average Bonchev–Trinajstić information content (AvgIpc) is 3.30. The lowest BCUT2D eigenvalue weighted by Crippen LogP contribution is -2.52. The Morgan fingerprint density at radius 2 is 1.78 bits per heavy atom. The van der Waals surface area contributed by atoms with Gasteiger partial charge in [0.05, 0.1) is 0 Å². The first-order valence-electron chi connectivity index (χ1n) is 11.1. The fourth-order valence-corrected chi connectivity index (χ4v) is 4.68. The fourth-order valence-electron chi connectivity index (χ4n) is 3.88. The number of hydrogen-bond donors (Lipinski definition) is 1. The van der Waals surface area contributed by atoms with Crippen molar-refractivity contribution >= 4 is 52.4 Å². The number of hydrogen-bond acceptors (Lipinski definition) is 8. The summed E-state index contributed by atoms with van der Waals surface area (Å²) in [5, 5.41) is 4.53. The van der Waals surface area contributed by atoms with Gasteiger partial charge in [0.25, 0.3) is 0 Å². The molecule has 32 heavy (non-hydrogen) atoms. The zero-order valence-electron chi connectivity index (χ0n) is 19.2. The molecular formula is C21H34IN9S. The Kier molecular flexibility index (Phi) is 9.29. The fraction of sp³-hybridized carbons (Fsp3) is 0.619. The van der Waals surface area contributed by atoms with E-state index in [1.165, 1.54) is 17.1 Å². The molecule has 4 rings (SSSR count). The van der Waals surface area contributed by atoms with Gasteiger partial charge in [-0.05, 0) is 18.7 Å². The van der Waals surface area contributed by atoms with Gasteiger partial charge < -0.3 is 24.9 Å². The highest BCUT2D eigenvalue weighted by Gasteiger charge is 2.22. The molecule has 0 atom stereocenters. The van der Waals surface area contributed by atoms with Gasteiger partial charge in [-0.3, -0.25) is 4.99 Å². The van der Waals surface area contributed by atoms with E-state index in [9.17, 15) is 0 Å². The Hall–Kier alpha value is -1.73. The number of aliphatic imine (C=N–C) groups is 1. The van der Waals surface area contributed by atoms with Gasteiger partial charge in [0.1, 0.15) is 11.6 Å². The molecule has 2 aliphatic rings. The quantitative estimate of drug-likeness (QED) is 0.331. The third-order valence-corrected chi connectivity index (χ3v) is 6.74. The summed E-state index contributed by atoms with van der Waals surface area (Å²) >= 11 is 1.50. The number of guanidine groups is 1. The van der Waals surface area contributed by atoms with Crippen molar-refractivity contribution in [2.45, 2.75) is 19.9 Å². The summed E-state index contributed by atoms with van der Waals surface area (Å²) in [5.74, 6) is 2.95. The smallest absolute Gasteiger partial charge is 0.205 e. The molecule has 0 spiro atoms. The van der Waals surface area contributed by atoms with E-state index in [-0.39, 0.29) is 24.0 Å². The van der Waals surface area contributed by atoms with E-state index in [1.54, 1.807) is 0 Å². The molecule has 2 aromatic rings. The summed E-state index contributed by atoms with van der Waals surface area (Å²) in [4.78, 5) is 23.2. The second-order valence-corrected chi connectivity index (χ2v) is 8.77. The Bertz CT molecular complexity index is 856. The van der Waals surface area contributed by atoms with Crippen molar-refractivity contribution in [3.8, 4) is 0 Å². The normalized spacial score (nSPS) is 18.0. The highest BCUT2D eigenvalue weighted by atomic mass is 127. The van der Waals surface area contributed by atoms with Crippen LogP contribution in [0.15, 0.2) is 23.3 Å². The number of likely N-dealkylation sites (N-methyl/N-ethyl adjacent to an activating group) is 1. The topological polar surface area (TPSA) is 76.0 Å². The lowest BCUT2D eigenvalue weighted by molar-refractivity contribution is 0.312. The SMILES string of the molecule is CCc1nsc(N2CCN(C(=NC)NCc3ccc(N4CCN(C)CC4)nc3)CC2)n1.I. The van der Waals surface area contributed by atoms with E-state index in [4.69, 9.17) is 4.98 Å². The van der Waals surface area contributed by atoms with Crippen LogP contribution in [0.25, 0.3) is 0 Å². The minimum Gasteiger partial charge on any atom is -0.354 e. The predicted molar refractivity (Wildman–Crippen MR) is 143 cm³/mol. The highest BCUT2D eigenvalue weighted by molar-refractivity contribution is 14.0. The lowest BCUT2D eigenvalue weighted by atomic mass is 10.2. The first-order valence-corrected chi connectivity index (χ1v) is 11.8. The van der Waals surface area contributed by atoms with Gasteiger partial charge in [0.2, 0.25) is 5.13 Å². The second kappa shape index (κ2) is 11.9. The number of aryl methyl sites for hydroxylation is 1. The van der Waals surface area contributed by atoms with Crippen LogP contribution in [-0.2, 0) is 13.0 Å². The van der Waals surface area contributed by atoms with Crippen molar-refractivity contribution < 1.29 is 0 Å². The van der Waals surface area contributed by atoms with Crippen molar-refractivity contribution in [2.24, 2.45) is 4.99 Å². The molecule has 0 unspecified atom stereocenters. The van der Waals surface area contributed by atoms with Gasteiger partial charge in [-0.1, -0.05) is 13.0 Å². The lowest BCUT2D eigenvalue weighted by Gasteiger charge is -2.36. The number of nitrogens with zero attached hydrogens (tertiary/aromatic N) is 8. The van der Waals surface area contributed by atoms with Crippen molar-refractivity contribution in [3.63, 3.8) is 0 Å². The van der Waals surface area contributed by atoms with Gasteiger partial charge >= 0.3 is 0 Å². The first kappa shape index (κ1) is 24.9. The van der Waals surface area contributed by atoms with Crippen LogP contribution in [-0.4, -0.2) is 96.6 Å². The van der Waals surface area contributed by atoms with Crippen molar-refractivity contribution in [3.05, 3.63) is 29.7 Å². The van der Waals surface area contributed by atoms with Gasteiger partial charge in [0, 0.05) is 90.1 Å². The van der Waals surface area contributed by atoms with E-state index < -0.39 is 0 Å². The number of pyridine rings is 1. The molecule has 0 radical (unpaired) electrons. The summed E-state index contributed by atoms with van der Waals surface area (Å²) in [5.41, 5.74) is 1.17. The third-order valence-electron chi connectivity index (χ3n) is 5.92. The van der Waals surface area contributed by atoms with Gasteiger partial charge in [-0.2, -0.15) is 4.37 Å². The third kappa shape index (κ3) is 6.19. The Morgan fingerprint density at radius 1 is 1.06 bits per heavy atom. The molecule has 2 aromatic heterocycles. The maximum atomic E-state index is 4.69. The molecule has 2 fully saturated rings. The van der Waals surface area contributed by atoms with Crippen LogP contribution in [0.5, 0.6) is 0 Å². The summed E-state index contributed by atoms with van der Waals surface area (Å²) in [6, 6.07) is 4.30. The molecule has 9 nitrogen and oxygen atoms in total. The number of anilines is 2. The van der Waals surface area contributed by atoms with Crippen LogP contribution in [0.2, 0.25) is 0 Å². The van der Waals surface area contributed by atoms with Crippen LogP contribution >= 0.6 is 35.5 Å². The molecule has 176 valence electrons. The number of piperazine rings is 2. The van der Waals surface area contributed by atoms with E-state index in [0.717, 1.165) is 88.1 Å². The number of halogens is 1. The van der Waals surface area contributed by atoms with Gasteiger partial charge in [0.15, 0.2) is 5.96 Å². The number of rotatable bonds is 5. The van der Waals surface area contributed by atoms with Crippen molar-refractivity contribution in [1.82, 2.24) is 29.5 Å². The standard InChI is InChI=1S/C21H33N9S.HI/c1-4-18-25-21(31-26-18)30-13-11-29(12-14-30)20(22-2)24-16-17-5-6-19(23-15-17)28-9-7-27(3)8-10-28;/h5-6,15H,4,7-14,16H2,1-3H3,(H,22,24);1H. The molecule has 0 amide bonds. The van der Waals surface area contributed by atoms with Crippen molar-refractivity contribution in [2.75, 3.05) is 76.3 Å². The van der Waals surface area contributed by atoms with Gasteiger partial charge in [-0.15, -0.1) is 24.0 Å². The van der Waals surface area contributed by atoms with Crippen LogP contribution < -0.4 is 15.1 Å². The highest BCUT2D eigenvalue weighted by Crippen LogP contribution is 2.19. The Morgan fingerprint density at radius 3 is 2.38 bits per heavy atom. The van der Waals surface area contributed by atoms with E-state index in [2.05, 4.69) is 65.4 Å². The molecule has 1 N–H and O–H groups in total. The maximum absolute atomic E-state index is 4.69. The summed E-state index contributed by atoms with van der Waals surface area (Å²) in [7, 11) is 4.02. The molecule has 0 saturated carbocycles. The molecule has 4 heterocycles. The minimum absolute atomic E-state index is 0. The van der Waals surface area contributed by atoms with E-state index >= 15 is 0 Å². The molecular weight excluding hydrogens is 537 g/mol. The van der Waals surface area contributed by atoms with Crippen molar-refractivity contribution in [1.29, 1.82) is 0 Å². The summed E-state index contributed by atoms with van der Waals surface area (Å²) < 4.78 is 4.41. The first-order chi connectivity index (χ1) is 15.2. The predicted octanol–water partition coefficient (Wildman–Crippen LogP) is 1.76. The monoisotopic (exact) mass is 571 g/mol. The molecule has 2 saturated heterocycles. The van der Waals surface area contributed by atoms with E-state index in [0.29, 0.717) is 0 Å². The summed E-state index contributed by atoms with van der Waals surface area (Å²) in [6.07, 6.45) is 2.87. The molecule has 2 aliphatic heterocycles. The van der Waals surface area contributed by atoms with Crippen LogP contribution in [0.1, 0.15) is 18.3 Å². The molecule has 0 aliphatic carbocycles. The Labute approximate surface area is 212 Å². The molecule has 11 heteroatoms. The zero-order chi connectivity index (χ0) is 21.6. The minimum atomic E-state index is 0. The molecule has 0 bridgehead atoms. The number of nitrogens with one attached hydrogen (secondary N) is 1. The number of aromatic nitrogens is 3. The van der Waals surface area contributed by atoms with Gasteiger partial charge in [-0.25, -0.2) is 9.97 Å². The average molecular weight is 572 g/mol. The van der Waals surface area contributed by atoms with E-state index in [1.807, 2.05) is 13.2 Å².